The highest BCUT2D eigenvalue weighted by Gasteiger charge is 2.16. The number of hydrogen-bond donors (Lipinski definition) is 1. The number of ketones is 1. The SMILES string of the molecule is Nc1cc(Br)cc(C(=O)C2=CCCCO2)c1. The van der Waals surface area contributed by atoms with E-state index in [0.717, 1.165) is 17.3 Å². The minimum Gasteiger partial charge on any atom is -0.490 e. The molecule has 0 atom stereocenters. The van der Waals surface area contributed by atoms with E-state index in [2.05, 4.69) is 15.9 Å². The smallest absolute Gasteiger partial charge is 0.227 e. The standard InChI is InChI=1S/C12H12BrNO2/c13-9-5-8(6-10(14)7-9)12(15)11-3-1-2-4-16-11/h3,5-7H,1-2,4,14H2. The molecule has 1 aromatic carbocycles. The molecule has 1 aliphatic rings. The van der Waals surface area contributed by atoms with Crippen LogP contribution >= 0.6 is 15.9 Å². The van der Waals surface area contributed by atoms with E-state index in [9.17, 15) is 4.79 Å². The molecule has 0 aliphatic carbocycles. The van der Waals surface area contributed by atoms with Crippen LogP contribution in [-0.4, -0.2) is 12.4 Å². The molecule has 0 amide bonds. The largest absolute Gasteiger partial charge is 0.490 e. The maximum Gasteiger partial charge on any atom is 0.227 e. The molecule has 0 aromatic heterocycles. The molecular formula is C12H12BrNO2. The van der Waals surface area contributed by atoms with E-state index in [1.165, 1.54) is 0 Å². The van der Waals surface area contributed by atoms with Gasteiger partial charge in [0.15, 0.2) is 5.76 Å². The maximum atomic E-state index is 12.0. The number of Topliss-reactive ketones (excluding diaryl/α,β-unsaturated/α-hetero) is 1. The summed E-state index contributed by atoms with van der Waals surface area (Å²) in [5.41, 5.74) is 6.80. The normalized spacial score (nSPS) is 15.2. The number of allylic oxidation sites excluding steroid dienone is 2. The first-order valence-corrected chi connectivity index (χ1v) is 5.90. The van der Waals surface area contributed by atoms with E-state index in [1.807, 2.05) is 6.08 Å². The van der Waals surface area contributed by atoms with Gasteiger partial charge in [-0.1, -0.05) is 15.9 Å². The molecule has 1 aromatic rings. The summed E-state index contributed by atoms with van der Waals surface area (Å²) < 4.78 is 6.13. The van der Waals surface area contributed by atoms with Crippen LogP contribution in [0.15, 0.2) is 34.5 Å². The second kappa shape index (κ2) is 4.70. The van der Waals surface area contributed by atoms with Crippen LogP contribution in [0.5, 0.6) is 0 Å². The summed E-state index contributed by atoms with van der Waals surface area (Å²) in [5.74, 6) is 0.330. The Balaban J connectivity index is 2.29. The zero-order valence-electron chi connectivity index (χ0n) is 8.70. The summed E-state index contributed by atoms with van der Waals surface area (Å²) in [5, 5.41) is 0. The summed E-state index contributed by atoms with van der Waals surface area (Å²) in [4.78, 5) is 12.0. The molecule has 1 heterocycles. The zero-order valence-corrected chi connectivity index (χ0v) is 10.3. The maximum absolute atomic E-state index is 12.0. The Morgan fingerprint density at radius 1 is 1.38 bits per heavy atom. The van der Waals surface area contributed by atoms with E-state index < -0.39 is 0 Å². The molecule has 0 bridgehead atoms. The van der Waals surface area contributed by atoms with Crippen LogP contribution in [0.3, 0.4) is 0 Å². The topological polar surface area (TPSA) is 52.3 Å². The monoisotopic (exact) mass is 281 g/mol. The number of nitrogen functional groups attached to an aromatic ring is 1. The molecule has 1 aliphatic heterocycles. The third-order valence-corrected chi connectivity index (χ3v) is 2.80. The van der Waals surface area contributed by atoms with Crippen molar-refractivity contribution in [2.24, 2.45) is 0 Å². The summed E-state index contributed by atoms with van der Waals surface area (Å²) >= 11 is 3.31. The van der Waals surface area contributed by atoms with Gasteiger partial charge in [-0.25, -0.2) is 0 Å². The van der Waals surface area contributed by atoms with Crippen molar-refractivity contribution < 1.29 is 9.53 Å². The third kappa shape index (κ3) is 2.44. The van der Waals surface area contributed by atoms with Gasteiger partial charge in [0, 0.05) is 15.7 Å². The molecule has 0 spiro atoms. The predicted molar refractivity (Wildman–Crippen MR) is 66.2 cm³/mol. The van der Waals surface area contributed by atoms with Crippen molar-refractivity contribution in [2.75, 3.05) is 12.3 Å². The lowest BCUT2D eigenvalue weighted by molar-refractivity contribution is 0.0899. The molecule has 3 nitrogen and oxygen atoms in total. The van der Waals surface area contributed by atoms with E-state index in [1.54, 1.807) is 18.2 Å². The fourth-order valence-electron chi connectivity index (χ4n) is 1.60. The Kier molecular flexibility index (Phi) is 3.29. The fraction of sp³-hybridized carbons (Fsp3) is 0.250. The van der Waals surface area contributed by atoms with Gasteiger partial charge in [0.1, 0.15) is 0 Å². The highest BCUT2D eigenvalue weighted by atomic mass is 79.9. The number of hydrogen-bond acceptors (Lipinski definition) is 3. The van der Waals surface area contributed by atoms with Crippen molar-refractivity contribution in [3.05, 3.63) is 40.1 Å². The molecule has 0 radical (unpaired) electrons. The first-order chi connectivity index (χ1) is 7.66. The van der Waals surface area contributed by atoms with Crippen LogP contribution in [0.2, 0.25) is 0 Å². The number of rotatable bonds is 2. The third-order valence-electron chi connectivity index (χ3n) is 2.34. The first-order valence-electron chi connectivity index (χ1n) is 5.10. The Morgan fingerprint density at radius 3 is 2.81 bits per heavy atom. The highest BCUT2D eigenvalue weighted by molar-refractivity contribution is 9.10. The lowest BCUT2D eigenvalue weighted by Gasteiger charge is -2.14. The molecule has 0 saturated carbocycles. The minimum atomic E-state index is -0.104. The minimum absolute atomic E-state index is 0.104. The Bertz CT molecular complexity index is 434. The molecule has 0 fully saturated rings. The molecule has 0 saturated heterocycles. The van der Waals surface area contributed by atoms with E-state index >= 15 is 0 Å². The second-order valence-electron chi connectivity index (χ2n) is 3.66. The van der Waals surface area contributed by atoms with Crippen LogP contribution in [-0.2, 0) is 4.74 Å². The lowest BCUT2D eigenvalue weighted by atomic mass is 10.1. The van der Waals surface area contributed by atoms with Crippen molar-refractivity contribution >= 4 is 27.4 Å². The molecule has 2 N–H and O–H groups in total. The Labute approximate surface area is 102 Å². The van der Waals surface area contributed by atoms with Crippen molar-refractivity contribution in [1.29, 1.82) is 0 Å². The van der Waals surface area contributed by atoms with Gasteiger partial charge in [-0.05, 0) is 37.1 Å². The Morgan fingerprint density at radius 2 is 2.19 bits per heavy atom. The van der Waals surface area contributed by atoms with E-state index in [0.29, 0.717) is 23.6 Å². The van der Waals surface area contributed by atoms with Gasteiger partial charge in [-0.3, -0.25) is 4.79 Å². The van der Waals surface area contributed by atoms with E-state index in [4.69, 9.17) is 10.5 Å². The van der Waals surface area contributed by atoms with Gasteiger partial charge >= 0.3 is 0 Å². The summed E-state index contributed by atoms with van der Waals surface area (Å²) in [6, 6.07) is 5.16. The van der Waals surface area contributed by atoms with Gasteiger partial charge in [0.2, 0.25) is 5.78 Å². The average molecular weight is 282 g/mol. The first kappa shape index (κ1) is 11.2. The van der Waals surface area contributed by atoms with Crippen LogP contribution in [0, 0.1) is 0 Å². The molecule has 84 valence electrons. The van der Waals surface area contributed by atoms with Gasteiger partial charge < -0.3 is 10.5 Å². The molecule has 0 unspecified atom stereocenters. The van der Waals surface area contributed by atoms with E-state index in [-0.39, 0.29) is 5.78 Å². The lowest BCUT2D eigenvalue weighted by Crippen LogP contribution is -2.11. The van der Waals surface area contributed by atoms with Crippen molar-refractivity contribution in [2.45, 2.75) is 12.8 Å². The molecule has 4 heteroatoms. The fourth-order valence-corrected chi connectivity index (χ4v) is 2.11. The van der Waals surface area contributed by atoms with Crippen molar-refractivity contribution in [3.63, 3.8) is 0 Å². The summed E-state index contributed by atoms with van der Waals surface area (Å²) in [7, 11) is 0. The van der Waals surface area contributed by atoms with Crippen LogP contribution in [0.4, 0.5) is 5.69 Å². The Hall–Kier alpha value is -1.29. The molecule has 16 heavy (non-hydrogen) atoms. The van der Waals surface area contributed by atoms with Gasteiger partial charge in [0.25, 0.3) is 0 Å². The van der Waals surface area contributed by atoms with Crippen LogP contribution in [0.1, 0.15) is 23.2 Å². The van der Waals surface area contributed by atoms with Crippen LogP contribution in [0.25, 0.3) is 0 Å². The molecular weight excluding hydrogens is 270 g/mol. The number of anilines is 1. The average Bonchev–Trinajstić information content (AvgIpc) is 2.28. The van der Waals surface area contributed by atoms with Gasteiger partial charge in [-0.2, -0.15) is 0 Å². The number of ether oxygens (including phenoxy) is 1. The number of carbonyl (C=O) groups is 1. The number of halogens is 1. The number of nitrogens with two attached hydrogens (primary N) is 1. The van der Waals surface area contributed by atoms with Crippen molar-refractivity contribution in [3.8, 4) is 0 Å². The van der Waals surface area contributed by atoms with Gasteiger partial charge in [0.05, 0.1) is 6.61 Å². The summed E-state index contributed by atoms with van der Waals surface area (Å²) in [6.07, 6.45) is 3.70. The summed E-state index contributed by atoms with van der Waals surface area (Å²) in [6.45, 7) is 0.612. The number of benzene rings is 1. The van der Waals surface area contributed by atoms with Gasteiger partial charge in [-0.15, -0.1) is 0 Å². The quantitative estimate of drug-likeness (QED) is 0.670. The van der Waals surface area contributed by atoms with Crippen molar-refractivity contribution in [1.82, 2.24) is 0 Å². The second-order valence-corrected chi connectivity index (χ2v) is 4.58. The van der Waals surface area contributed by atoms with Crippen LogP contribution < -0.4 is 5.73 Å². The predicted octanol–water partition coefficient (Wildman–Crippen LogP) is 2.91. The number of carbonyl (C=O) groups excluding carboxylic acids is 1. The highest BCUT2D eigenvalue weighted by Crippen LogP contribution is 2.21. The molecule has 2 rings (SSSR count). The zero-order chi connectivity index (χ0) is 11.5.